The van der Waals surface area contributed by atoms with E-state index in [9.17, 15) is 4.79 Å². The lowest BCUT2D eigenvalue weighted by Gasteiger charge is -2.22. The van der Waals surface area contributed by atoms with Gasteiger partial charge >= 0.3 is 0 Å². The van der Waals surface area contributed by atoms with Crippen molar-refractivity contribution in [3.8, 4) is 0 Å². The Morgan fingerprint density at radius 2 is 2.50 bits per heavy atom. The van der Waals surface area contributed by atoms with Crippen LogP contribution in [0, 0.1) is 0 Å². The predicted molar refractivity (Wildman–Crippen MR) is 51.8 cm³/mol. The van der Waals surface area contributed by atoms with Crippen molar-refractivity contribution in [3.63, 3.8) is 0 Å². The van der Waals surface area contributed by atoms with Crippen molar-refractivity contribution < 1.29 is 9.90 Å². The standard InChI is InChI=1S/C10H12N2O2/c13-7-9-3-4-10(14)12(9)8-2-1-5-11-6-8/h1-2,5-6,9,13H,3-4,7H2/t9-/m0/s1. The van der Waals surface area contributed by atoms with Crippen molar-refractivity contribution in [2.45, 2.75) is 18.9 Å². The van der Waals surface area contributed by atoms with Gasteiger partial charge in [0.25, 0.3) is 0 Å². The van der Waals surface area contributed by atoms with Gasteiger partial charge in [-0.05, 0) is 18.6 Å². The Hall–Kier alpha value is -1.42. The van der Waals surface area contributed by atoms with Crippen LogP contribution in [-0.4, -0.2) is 28.6 Å². The second-order valence-electron chi connectivity index (χ2n) is 3.35. The molecule has 4 nitrogen and oxygen atoms in total. The lowest BCUT2D eigenvalue weighted by atomic mass is 10.2. The molecule has 2 heterocycles. The third-order valence-electron chi connectivity index (χ3n) is 2.46. The van der Waals surface area contributed by atoms with E-state index in [-0.39, 0.29) is 18.6 Å². The highest BCUT2D eigenvalue weighted by atomic mass is 16.3. The third kappa shape index (κ3) is 1.48. The molecule has 1 amide bonds. The fraction of sp³-hybridized carbons (Fsp3) is 0.400. The maximum atomic E-state index is 11.5. The summed E-state index contributed by atoms with van der Waals surface area (Å²) in [5.41, 5.74) is 0.772. The van der Waals surface area contributed by atoms with E-state index < -0.39 is 0 Å². The van der Waals surface area contributed by atoms with Gasteiger partial charge in [-0.2, -0.15) is 0 Å². The normalized spacial score (nSPS) is 21.6. The minimum atomic E-state index is -0.0771. The van der Waals surface area contributed by atoms with E-state index in [0.29, 0.717) is 6.42 Å². The first-order chi connectivity index (χ1) is 6.83. The molecule has 0 radical (unpaired) electrons. The van der Waals surface area contributed by atoms with Crippen LogP contribution in [0.4, 0.5) is 5.69 Å². The summed E-state index contributed by atoms with van der Waals surface area (Å²) in [5.74, 6) is 0.0667. The molecular weight excluding hydrogens is 180 g/mol. The van der Waals surface area contributed by atoms with Crippen LogP contribution in [0.1, 0.15) is 12.8 Å². The molecule has 1 aromatic rings. The van der Waals surface area contributed by atoms with Crippen molar-refractivity contribution in [2.75, 3.05) is 11.5 Å². The molecule has 0 bridgehead atoms. The molecule has 14 heavy (non-hydrogen) atoms. The largest absolute Gasteiger partial charge is 0.394 e. The molecule has 1 saturated heterocycles. The molecule has 0 unspecified atom stereocenters. The van der Waals surface area contributed by atoms with E-state index in [1.54, 1.807) is 23.4 Å². The Balaban J connectivity index is 2.28. The Kier molecular flexibility index (Phi) is 2.45. The van der Waals surface area contributed by atoms with E-state index >= 15 is 0 Å². The summed E-state index contributed by atoms with van der Waals surface area (Å²) in [6.45, 7) is 0.0145. The maximum absolute atomic E-state index is 11.5. The van der Waals surface area contributed by atoms with Gasteiger partial charge in [0, 0.05) is 12.6 Å². The third-order valence-corrected chi connectivity index (χ3v) is 2.46. The first-order valence-corrected chi connectivity index (χ1v) is 4.66. The molecule has 1 aromatic heterocycles. The zero-order valence-corrected chi connectivity index (χ0v) is 7.76. The van der Waals surface area contributed by atoms with Gasteiger partial charge in [0.2, 0.25) is 5.91 Å². The van der Waals surface area contributed by atoms with E-state index in [1.807, 2.05) is 6.07 Å². The number of nitrogens with zero attached hydrogens (tertiary/aromatic N) is 2. The number of aliphatic hydroxyl groups excluding tert-OH is 1. The van der Waals surface area contributed by atoms with E-state index in [2.05, 4.69) is 4.98 Å². The number of pyridine rings is 1. The highest BCUT2D eigenvalue weighted by Crippen LogP contribution is 2.25. The summed E-state index contributed by atoms with van der Waals surface area (Å²) in [7, 11) is 0. The Morgan fingerprint density at radius 3 is 3.14 bits per heavy atom. The molecule has 1 atom stereocenters. The van der Waals surface area contributed by atoms with Crippen LogP contribution in [0.25, 0.3) is 0 Å². The highest BCUT2D eigenvalue weighted by molar-refractivity contribution is 5.96. The summed E-state index contributed by atoms with van der Waals surface area (Å²) < 4.78 is 0. The zero-order valence-electron chi connectivity index (χ0n) is 7.76. The highest BCUT2D eigenvalue weighted by Gasteiger charge is 2.31. The average Bonchev–Trinajstić information content (AvgIpc) is 2.61. The quantitative estimate of drug-likeness (QED) is 0.745. The molecule has 0 aliphatic carbocycles. The summed E-state index contributed by atoms with van der Waals surface area (Å²) in [4.78, 5) is 17.1. The Morgan fingerprint density at radius 1 is 1.64 bits per heavy atom. The Labute approximate surface area is 82.2 Å². The van der Waals surface area contributed by atoms with Crippen molar-refractivity contribution in [1.29, 1.82) is 0 Å². The number of carbonyl (C=O) groups is 1. The van der Waals surface area contributed by atoms with Gasteiger partial charge in [0.05, 0.1) is 24.5 Å². The van der Waals surface area contributed by atoms with Gasteiger partial charge in [-0.3, -0.25) is 9.78 Å². The molecule has 1 fully saturated rings. The summed E-state index contributed by atoms with van der Waals surface area (Å²) in [5, 5.41) is 9.10. The van der Waals surface area contributed by atoms with Gasteiger partial charge in [0.1, 0.15) is 0 Å². The summed E-state index contributed by atoms with van der Waals surface area (Å²) in [6, 6.07) is 3.54. The second kappa shape index (κ2) is 3.75. The van der Waals surface area contributed by atoms with Gasteiger partial charge in [-0.15, -0.1) is 0 Å². The van der Waals surface area contributed by atoms with Crippen LogP contribution < -0.4 is 4.90 Å². The number of rotatable bonds is 2. The molecule has 0 spiro atoms. The van der Waals surface area contributed by atoms with Crippen LogP contribution >= 0.6 is 0 Å². The van der Waals surface area contributed by atoms with Crippen molar-refractivity contribution in [3.05, 3.63) is 24.5 Å². The van der Waals surface area contributed by atoms with E-state index in [1.165, 1.54) is 0 Å². The number of anilines is 1. The van der Waals surface area contributed by atoms with Crippen LogP contribution in [0.5, 0.6) is 0 Å². The molecule has 1 aliphatic rings. The number of aliphatic hydroxyl groups is 1. The smallest absolute Gasteiger partial charge is 0.227 e. The monoisotopic (exact) mass is 192 g/mol. The molecule has 74 valence electrons. The molecule has 1 aliphatic heterocycles. The van der Waals surface area contributed by atoms with Gasteiger partial charge < -0.3 is 10.0 Å². The number of hydrogen-bond donors (Lipinski definition) is 1. The minimum absolute atomic E-state index is 0.0145. The molecule has 0 saturated carbocycles. The van der Waals surface area contributed by atoms with Crippen molar-refractivity contribution in [2.24, 2.45) is 0 Å². The number of hydrogen-bond acceptors (Lipinski definition) is 3. The fourth-order valence-electron chi connectivity index (χ4n) is 1.77. The maximum Gasteiger partial charge on any atom is 0.227 e. The van der Waals surface area contributed by atoms with E-state index in [4.69, 9.17) is 5.11 Å². The fourth-order valence-corrected chi connectivity index (χ4v) is 1.77. The summed E-state index contributed by atoms with van der Waals surface area (Å²) in [6.07, 6.45) is 4.55. The molecule has 4 heteroatoms. The molecule has 0 aromatic carbocycles. The van der Waals surface area contributed by atoms with Crippen molar-refractivity contribution >= 4 is 11.6 Å². The van der Waals surface area contributed by atoms with Gasteiger partial charge in [-0.1, -0.05) is 0 Å². The average molecular weight is 192 g/mol. The molecule has 1 N–H and O–H groups in total. The predicted octanol–water partition coefficient (Wildman–Crippen LogP) is 0.569. The number of carbonyl (C=O) groups excluding carboxylic acids is 1. The van der Waals surface area contributed by atoms with Crippen LogP contribution in [-0.2, 0) is 4.79 Å². The minimum Gasteiger partial charge on any atom is -0.394 e. The lowest BCUT2D eigenvalue weighted by molar-refractivity contribution is -0.117. The van der Waals surface area contributed by atoms with Crippen LogP contribution in [0.15, 0.2) is 24.5 Å². The summed E-state index contributed by atoms with van der Waals surface area (Å²) >= 11 is 0. The molecule has 2 rings (SSSR count). The topological polar surface area (TPSA) is 53.4 Å². The van der Waals surface area contributed by atoms with E-state index in [0.717, 1.165) is 12.1 Å². The van der Waals surface area contributed by atoms with Crippen LogP contribution in [0.2, 0.25) is 0 Å². The van der Waals surface area contributed by atoms with Crippen molar-refractivity contribution in [1.82, 2.24) is 4.98 Å². The number of aromatic nitrogens is 1. The first-order valence-electron chi connectivity index (χ1n) is 4.66. The number of amides is 1. The van der Waals surface area contributed by atoms with Gasteiger partial charge in [-0.25, -0.2) is 0 Å². The lowest BCUT2D eigenvalue weighted by Crippen LogP contribution is -2.35. The van der Waals surface area contributed by atoms with Gasteiger partial charge in [0.15, 0.2) is 0 Å². The second-order valence-corrected chi connectivity index (χ2v) is 3.35. The zero-order chi connectivity index (χ0) is 9.97. The Bertz CT molecular complexity index is 326. The van der Waals surface area contributed by atoms with Crippen LogP contribution in [0.3, 0.4) is 0 Å². The SMILES string of the molecule is O=C1CC[C@@H](CO)N1c1cccnc1. The molecular formula is C10H12N2O2. The first kappa shape index (κ1) is 9.15.